The Morgan fingerprint density at radius 1 is 1.44 bits per heavy atom. The molecule has 1 N–H and O–H groups in total. The number of rotatable bonds is 4. The van der Waals surface area contributed by atoms with Crippen LogP contribution in [0.2, 0.25) is 0 Å². The van der Waals surface area contributed by atoms with E-state index < -0.39 is 6.10 Å². The van der Waals surface area contributed by atoms with Gasteiger partial charge in [-0.1, -0.05) is 19.9 Å². The summed E-state index contributed by atoms with van der Waals surface area (Å²) < 4.78 is 5.46. The summed E-state index contributed by atoms with van der Waals surface area (Å²) in [4.78, 5) is 4.48. The molecule has 1 aromatic rings. The number of pyridine rings is 1. The molecule has 0 saturated carbocycles. The van der Waals surface area contributed by atoms with Gasteiger partial charge in [-0.3, -0.25) is 4.98 Å². The lowest BCUT2D eigenvalue weighted by Gasteiger charge is -2.34. The monoisotopic (exact) mass is 249 g/mol. The first-order valence-electron chi connectivity index (χ1n) is 6.79. The molecule has 3 atom stereocenters. The van der Waals surface area contributed by atoms with Crippen LogP contribution in [0, 0.1) is 5.92 Å². The van der Waals surface area contributed by atoms with Crippen LogP contribution in [0.3, 0.4) is 0 Å². The van der Waals surface area contributed by atoms with Gasteiger partial charge < -0.3 is 9.84 Å². The third-order valence-corrected chi connectivity index (χ3v) is 3.92. The van der Waals surface area contributed by atoms with Crippen LogP contribution >= 0.6 is 0 Å². The van der Waals surface area contributed by atoms with Crippen molar-refractivity contribution in [3.8, 4) is 0 Å². The van der Waals surface area contributed by atoms with Gasteiger partial charge in [0.1, 0.15) is 0 Å². The molecule has 0 aromatic carbocycles. The average Bonchev–Trinajstić information content (AvgIpc) is 2.38. The zero-order chi connectivity index (χ0) is 13.1. The fourth-order valence-electron chi connectivity index (χ4n) is 3.01. The lowest BCUT2D eigenvalue weighted by atomic mass is 9.79. The van der Waals surface area contributed by atoms with Gasteiger partial charge in [0.25, 0.3) is 0 Å². The molecule has 0 bridgehead atoms. The molecule has 0 aliphatic heterocycles. The summed E-state index contributed by atoms with van der Waals surface area (Å²) >= 11 is 0. The molecule has 3 nitrogen and oxygen atoms in total. The zero-order valence-corrected chi connectivity index (χ0v) is 11.5. The van der Waals surface area contributed by atoms with E-state index in [-0.39, 0.29) is 12.0 Å². The molecule has 2 rings (SSSR count). The lowest BCUT2D eigenvalue weighted by Crippen LogP contribution is -2.39. The van der Waals surface area contributed by atoms with Crippen LogP contribution in [0.25, 0.3) is 0 Å². The Labute approximate surface area is 109 Å². The Kier molecular flexibility index (Phi) is 4.36. The highest BCUT2D eigenvalue weighted by Crippen LogP contribution is 2.35. The Bertz CT molecular complexity index is 392. The smallest absolute Gasteiger partial charge is 0.0887 e. The van der Waals surface area contributed by atoms with E-state index in [9.17, 15) is 5.11 Å². The number of methoxy groups -OCH3 is 1. The first kappa shape index (κ1) is 13.5. The van der Waals surface area contributed by atoms with Crippen molar-refractivity contribution in [2.45, 2.75) is 51.2 Å². The predicted molar refractivity (Wildman–Crippen MR) is 71.6 cm³/mol. The molecule has 0 fully saturated rings. The largest absolute Gasteiger partial charge is 0.390 e. The van der Waals surface area contributed by atoms with Crippen molar-refractivity contribution < 1.29 is 9.84 Å². The van der Waals surface area contributed by atoms with E-state index in [4.69, 9.17) is 4.74 Å². The van der Waals surface area contributed by atoms with Crippen LogP contribution in [-0.4, -0.2) is 29.4 Å². The molecule has 100 valence electrons. The van der Waals surface area contributed by atoms with Crippen molar-refractivity contribution in [2.24, 2.45) is 5.92 Å². The van der Waals surface area contributed by atoms with E-state index in [2.05, 4.69) is 24.9 Å². The Hall–Kier alpha value is -0.930. The minimum absolute atomic E-state index is 0.113. The summed E-state index contributed by atoms with van der Waals surface area (Å²) in [6.45, 7) is 4.17. The van der Waals surface area contributed by atoms with Gasteiger partial charge in [0.05, 0.1) is 12.2 Å². The Balaban J connectivity index is 2.24. The maximum absolute atomic E-state index is 10.6. The number of fused-ring (bicyclic) bond motifs is 1. The summed E-state index contributed by atoms with van der Waals surface area (Å²) in [5, 5.41) is 10.6. The number of hydrogen-bond donors (Lipinski definition) is 1. The molecule has 1 aliphatic carbocycles. The summed E-state index contributed by atoms with van der Waals surface area (Å²) in [5.41, 5.74) is 2.35. The van der Waals surface area contributed by atoms with Gasteiger partial charge >= 0.3 is 0 Å². The third-order valence-electron chi connectivity index (χ3n) is 3.92. The lowest BCUT2D eigenvalue weighted by molar-refractivity contribution is -0.0521. The van der Waals surface area contributed by atoms with Gasteiger partial charge in [0.2, 0.25) is 0 Å². The SMILES string of the molecule is COC(C(C)C)C(O)C1CCCc2cccnc21. The molecule has 1 aliphatic rings. The molecule has 18 heavy (non-hydrogen) atoms. The average molecular weight is 249 g/mol. The van der Waals surface area contributed by atoms with Gasteiger partial charge in [0, 0.05) is 24.9 Å². The number of aryl methyl sites for hydroxylation is 1. The number of ether oxygens (including phenoxy) is 1. The highest BCUT2D eigenvalue weighted by atomic mass is 16.5. The summed E-state index contributed by atoms with van der Waals surface area (Å²) in [5.74, 6) is 0.418. The maximum atomic E-state index is 10.6. The van der Waals surface area contributed by atoms with Crippen molar-refractivity contribution in [1.82, 2.24) is 4.98 Å². The first-order valence-corrected chi connectivity index (χ1v) is 6.79. The van der Waals surface area contributed by atoms with Crippen LogP contribution in [0.4, 0.5) is 0 Å². The van der Waals surface area contributed by atoms with Crippen molar-refractivity contribution in [3.63, 3.8) is 0 Å². The van der Waals surface area contributed by atoms with E-state index >= 15 is 0 Å². The number of aliphatic hydroxyl groups excluding tert-OH is 1. The molecular weight excluding hydrogens is 226 g/mol. The molecule has 0 radical (unpaired) electrons. The van der Waals surface area contributed by atoms with Gasteiger partial charge in [-0.2, -0.15) is 0 Å². The normalized spacial score (nSPS) is 22.6. The van der Waals surface area contributed by atoms with Crippen molar-refractivity contribution >= 4 is 0 Å². The summed E-state index contributed by atoms with van der Waals surface area (Å²) in [6.07, 6.45) is 4.42. The van der Waals surface area contributed by atoms with Gasteiger partial charge in [-0.05, 0) is 36.8 Å². The molecule has 1 aromatic heterocycles. The van der Waals surface area contributed by atoms with Crippen molar-refractivity contribution in [2.75, 3.05) is 7.11 Å². The fraction of sp³-hybridized carbons (Fsp3) is 0.667. The van der Waals surface area contributed by atoms with Crippen LogP contribution < -0.4 is 0 Å². The van der Waals surface area contributed by atoms with Gasteiger partial charge in [-0.15, -0.1) is 0 Å². The minimum Gasteiger partial charge on any atom is -0.390 e. The van der Waals surface area contributed by atoms with E-state index in [0.717, 1.165) is 25.0 Å². The number of aliphatic hydroxyl groups is 1. The second-order valence-corrected chi connectivity index (χ2v) is 5.48. The van der Waals surface area contributed by atoms with Crippen LogP contribution in [-0.2, 0) is 11.2 Å². The third kappa shape index (κ3) is 2.57. The zero-order valence-electron chi connectivity index (χ0n) is 11.5. The minimum atomic E-state index is -0.469. The highest BCUT2D eigenvalue weighted by molar-refractivity contribution is 5.27. The molecular formula is C15H23NO2. The molecule has 0 amide bonds. The summed E-state index contributed by atoms with van der Waals surface area (Å²) in [7, 11) is 1.68. The van der Waals surface area contributed by atoms with Gasteiger partial charge in [-0.25, -0.2) is 0 Å². The van der Waals surface area contributed by atoms with E-state index in [1.165, 1.54) is 5.56 Å². The second-order valence-electron chi connectivity index (χ2n) is 5.48. The van der Waals surface area contributed by atoms with Crippen molar-refractivity contribution in [1.29, 1.82) is 0 Å². The molecule has 0 saturated heterocycles. The quantitative estimate of drug-likeness (QED) is 0.891. The Morgan fingerprint density at radius 3 is 2.89 bits per heavy atom. The maximum Gasteiger partial charge on any atom is 0.0887 e. The van der Waals surface area contributed by atoms with E-state index in [1.807, 2.05) is 12.3 Å². The molecule has 3 unspecified atom stereocenters. The molecule has 0 spiro atoms. The van der Waals surface area contributed by atoms with Crippen LogP contribution in [0.5, 0.6) is 0 Å². The topological polar surface area (TPSA) is 42.4 Å². The first-order chi connectivity index (χ1) is 8.65. The number of aromatic nitrogens is 1. The number of nitrogens with zero attached hydrogens (tertiary/aromatic N) is 1. The van der Waals surface area contributed by atoms with E-state index in [0.29, 0.717) is 5.92 Å². The van der Waals surface area contributed by atoms with Crippen LogP contribution in [0.1, 0.15) is 43.9 Å². The Morgan fingerprint density at radius 2 is 2.22 bits per heavy atom. The van der Waals surface area contributed by atoms with E-state index in [1.54, 1.807) is 7.11 Å². The van der Waals surface area contributed by atoms with Gasteiger partial charge in [0.15, 0.2) is 0 Å². The summed E-state index contributed by atoms with van der Waals surface area (Å²) in [6, 6.07) is 4.10. The second kappa shape index (κ2) is 5.81. The molecule has 3 heteroatoms. The molecule has 1 heterocycles. The number of hydrogen-bond acceptors (Lipinski definition) is 3. The van der Waals surface area contributed by atoms with Crippen molar-refractivity contribution in [3.05, 3.63) is 29.6 Å². The predicted octanol–water partition coefficient (Wildman–Crippen LogP) is 2.53. The standard InChI is InChI=1S/C15H23NO2/c1-10(2)15(18-3)14(17)12-8-4-6-11-7-5-9-16-13(11)12/h5,7,9-10,12,14-15,17H,4,6,8H2,1-3H3. The highest BCUT2D eigenvalue weighted by Gasteiger charge is 2.34. The van der Waals surface area contributed by atoms with Crippen LogP contribution in [0.15, 0.2) is 18.3 Å². The fourth-order valence-corrected chi connectivity index (χ4v) is 3.01.